The molecule has 0 saturated heterocycles. The first-order valence-corrected chi connectivity index (χ1v) is 9.19. The second-order valence-electron chi connectivity index (χ2n) is 7.06. The van der Waals surface area contributed by atoms with Crippen LogP contribution in [-0.4, -0.2) is 10.9 Å². The summed E-state index contributed by atoms with van der Waals surface area (Å²) in [5, 5.41) is 3.10. The lowest BCUT2D eigenvalue weighted by Crippen LogP contribution is -2.28. The molecule has 0 radical (unpaired) electrons. The van der Waals surface area contributed by atoms with Gasteiger partial charge in [0.05, 0.1) is 6.04 Å². The Bertz CT molecular complexity index is 957. The number of nitrogens with zero attached hydrogens (tertiary/aromatic N) is 1. The Kier molecular flexibility index (Phi) is 4.71. The third-order valence-corrected chi connectivity index (χ3v) is 5.17. The van der Waals surface area contributed by atoms with Crippen LogP contribution < -0.4 is 5.32 Å². The van der Waals surface area contributed by atoms with E-state index in [1.54, 1.807) is 12.1 Å². The molecular weight excluding hydrogens is 339 g/mol. The predicted molar refractivity (Wildman–Crippen MR) is 103 cm³/mol. The van der Waals surface area contributed by atoms with Gasteiger partial charge < -0.3 is 5.32 Å². The summed E-state index contributed by atoms with van der Waals surface area (Å²) in [5.41, 5.74) is 3.39. The van der Waals surface area contributed by atoms with Gasteiger partial charge in [0.15, 0.2) is 0 Å². The maximum Gasteiger partial charge on any atom is 0.224 e. The second-order valence-corrected chi connectivity index (χ2v) is 7.06. The fourth-order valence-electron chi connectivity index (χ4n) is 3.53. The summed E-state index contributed by atoms with van der Waals surface area (Å²) in [6, 6.07) is 21.0. The smallest absolute Gasteiger partial charge is 0.224 e. The van der Waals surface area contributed by atoms with Crippen molar-refractivity contribution in [2.45, 2.75) is 25.3 Å². The van der Waals surface area contributed by atoms with Crippen molar-refractivity contribution in [3.8, 4) is 11.1 Å². The molecule has 1 amide bonds. The van der Waals surface area contributed by atoms with Gasteiger partial charge in [0, 0.05) is 17.7 Å². The van der Waals surface area contributed by atoms with E-state index in [9.17, 15) is 9.18 Å². The number of aromatic nitrogens is 1. The van der Waals surface area contributed by atoms with Gasteiger partial charge in [-0.15, -0.1) is 0 Å². The molecule has 2 aromatic carbocycles. The predicted octanol–water partition coefficient (Wildman–Crippen LogP) is 4.87. The summed E-state index contributed by atoms with van der Waals surface area (Å²) in [6.07, 6.45) is 2.33. The van der Waals surface area contributed by atoms with Crippen LogP contribution >= 0.6 is 0 Å². The van der Waals surface area contributed by atoms with Crippen LogP contribution in [0.4, 0.5) is 4.39 Å². The molecule has 1 aliphatic carbocycles. The highest BCUT2D eigenvalue weighted by molar-refractivity contribution is 5.83. The molecule has 1 N–H and O–H groups in total. The molecule has 3 atom stereocenters. The highest BCUT2D eigenvalue weighted by Gasteiger charge is 2.44. The van der Waals surface area contributed by atoms with E-state index in [1.165, 1.54) is 11.8 Å². The summed E-state index contributed by atoms with van der Waals surface area (Å²) in [7, 11) is 0. The van der Waals surface area contributed by atoms with Gasteiger partial charge in [0.2, 0.25) is 11.9 Å². The van der Waals surface area contributed by atoms with Gasteiger partial charge in [-0.05, 0) is 54.2 Å². The van der Waals surface area contributed by atoms with Crippen molar-refractivity contribution in [3.63, 3.8) is 0 Å². The van der Waals surface area contributed by atoms with Gasteiger partial charge in [0.25, 0.3) is 0 Å². The molecule has 4 heteroatoms. The first-order valence-electron chi connectivity index (χ1n) is 9.19. The molecule has 0 spiro atoms. The number of carbonyl (C=O) groups excluding carboxylic acids is 1. The zero-order chi connectivity index (χ0) is 18.8. The van der Waals surface area contributed by atoms with E-state index >= 15 is 0 Å². The van der Waals surface area contributed by atoms with E-state index in [0.717, 1.165) is 17.5 Å². The van der Waals surface area contributed by atoms with Crippen molar-refractivity contribution in [2.75, 3.05) is 0 Å². The SMILES string of the molecule is CC(NC(=O)C1CC1c1ccccc1)c1cccc(-c2cccnc2F)c1. The van der Waals surface area contributed by atoms with Crippen LogP contribution in [0.5, 0.6) is 0 Å². The summed E-state index contributed by atoms with van der Waals surface area (Å²) < 4.78 is 14.0. The van der Waals surface area contributed by atoms with E-state index in [4.69, 9.17) is 0 Å². The van der Waals surface area contributed by atoms with Crippen LogP contribution in [0.3, 0.4) is 0 Å². The number of pyridine rings is 1. The van der Waals surface area contributed by atoms with Crippen molar-refractivity contribution in [1.82, 2.24) is 10.3 Å². The Morgan fingerprint density at radius 3 is 2.70 bits per heavy atom. The molecule has 3 unspecified atom stereocenters. The maximum absolute atomic E-state index is 14.0. The quantitative estimate of drug-likeness (QED) is 0.660. The van der Waals surface area contributed by atoms with Crippen molar-refractivity contribution in [1.29, 1.82) is 0 Å². The summed E-state index contributed by atoms with van der Waals surface area (Å²) in [5.74, 6) is -0.0626. The Morgan fingerprint density at radius 2 is 1.93 bits per heavy atom. The van der Waals surface area contributed by atoms with Gasteiger partial charge in [0.1, 0.15) is 0 Å². The third-order valence-electron chi connectivity index (χ3n) is 5.17. The van der Waals surface area contributed by atoms with E-state index in [0.29, 0.717) is 11.5 Å². The zero-order valence-electron chi connectivity index (χ0n) is 15.1. The standard InChI is InChI=1S/C23H21FN2O/c1-15(26-23(27)21-14-20(21)16-7-3-2-4-8-16)17-9-5-10-18(13-17)19-11-6-12-25-22(19)24/h2-13,15,20-21H,14H2,1H3,(H,26,27). The van der Waals surface area contributed by atoms with Crippen LogP contribution in [0.2, 0.25) is 0 Å². The van der Waals surface area contributed by atoms with Crippen molar-refractivity contribution >= 4 is 5.91 Å². The minimum atomic E-state index is -0.491. The Labute approximate surface area is 158 Å². The van der Waals surface area contributed by atoms with E-state index in [1.807, 2.05) is 49.4 Å². The minimum absolute atomic E-state index is 0.0359. The number of rotatable bonds is 5. The fourth-order valence-corrected chi connectivity index (χ4v) is 3.53. The molecule has 3 nitrogen and oxygen atoms in total. The first-order chi connectivity index (χ1) is 13.1. The number of carbonyl (C=O) groups is 1. The third kappa shape index (κ3) is 3.75. The van der Waals surface area contributed by atoms with E-state index < -0.39 is 5.95 Å². The monoisotopic (exact) mass is 360 g/mol. The lowest BCUT2D eigenvalue weighted by molar-refractivity contribution is -0.123. The number of amides is 1. The molecule has 136 valence electrons. The van der Waals surface area contributed by atoms with Crippen LogP contribution in [-0.2, 0) is 4.79 Å². The molecule has 1 aromatic heterocycles. The van der Waals surface area contributed by atoms with Gasteiger partial charge in [-0.25, -0.2) is 4.98 Å². The minimum Gasteiger partial charge on any atom is -0.349 e. The highest BCUT2D eigenvalue weighted by atomic mass is 19.1. The van der Waals surface area contributed by atoms with Gasteiger partial charge >= 0.3 is 0 Å². The molecule has 3 aromatic rings. The lowest BCUT2D eigenvalue weighted by Gasteiger charge is -2.16. The summed E-state index contributed by atoms with van der Waals surface area (Å²) >= 11 is 0. The molecule has 1 saturated carbocycles. The molecule has 0 bridgehead atoms. The Morgan fingerprint density at radius 1 is 1.11 bits per heavy atom. The topological polar surface area (TPSA) is 42.0 Å². The maximum atomic E-state index is 14.0. The summed E-state index contributed by atoms with van der Waals surface area (Å²) in [6.45, 7) is 1.95. The van der Waals surface area contributed by atoms with Gasteiger partial charge in [-0.3, -0.25) is 4.79 Å². The average Bonchev–Trinajstić information content (AvgIpc) is 3.50. The number of halogens is 1. The first kappa shape index (κ1) is 17.4. The van der Waals surface area contributed by atoms with E-state index in [-0.39, 0.29) is 17.9 Å². The number of hydrogen-bond acceptors (Lipinski definition) is 2. The Hall–Kier alpha value is -3.01. The number of nitrogens with one attached hydrogen (secondary N) is 1. The van der Waals surface area contributed by atoms with Crippen molar-refractivity contribution < 1.29 is 9.18 Å². The van der Waals surface area contributed by atoms with Crippen molar-refractivity contribution in [2.24, 2.45) is 5.92 Å². The zero-order valence-corrected chi connectivity index (χ0v) is 15.1. The van der Waals surface area contributed by atoms with Crippen LogP contribution in [0.25, 0.3) is 11.1 Å². The number of benzene rings is 2. The summed E-state index contributed by atoms with van der Waals surface area (Å²) in [4.78, 5) is 16.3. The van der Waals surface area contributed by atoms with E-state index in [2.05, 4.69) is 22.4 Å². The molecule has 4 rings (SSSR count). The highest BCUT2D eigenvalue weighted by Crippen LogP contribution is 2.47. The van der Waals surface area contributed by atoms with Crippen molar-refractivity contribution in [3.05, 3.63) is 90.0 Å². The molecule has 0 aliphatic heterocycles. The molecular formula is C23H21FN2O. The molecule has 1 fully saturated rings. The lowest BCUT2D eigenvalue weighted by atomic mass is 10.0. The second kappa shape index (κ2) is 7.31. The van der Waals surface area contributed by atoms with Crippen LogP contribution in [0.1, 0.15) is 36.4 Å². The normalized spacial score (nSPS) is 19.3. The van der Waals surface area contributed by atoms with Gasteiger partial charge in [-0.1, -0.05) is 48.5 Å². The largest absolute Gasteiger partial charge is 0.349 e. The van der Waals surface area contributed by atoms with Crippen LogP contribution in [0.15, 0.2) is 72.9 Å². The fraction of sp³-hybridized carbons (Fsp3) is 0.217. The molecule has 27 heavy (non-hydrogen) atoms. The van der Waals surface area contributed by atoms with Gasteiger partial charge in [-0.2, -0.15) is 4.39 Å². The molecule has 1 aliphatic rings. The van der Waals surface area contributed by atoms with Crippen LogP contribution in [0, 0.1) is 11.9 Å². The average molecular weight is 360 g/mol. The Balaban J connectivity index is 1.45. The molecule has 1 heterocycles. The number of hydrogen-bond donors (Lipinski definition) is 1.